The van der Waals surface area contributed by atoms with Crippen LogP contribution in [0.25, 0.3) is 20.8 Å². The van der Waals surface area contributed by atoms with Gasteiger partial charge in [-0.05, 0) is 62.6 Å². The molecule has 0 N–H and O–H groups in total. The lowest BCUT2D eigenvalue weighted by Gasteiger charge is -2.00. The summed E-state index contributed by atoms with van der Waals surface area (Å²) >= 11 is 1.76. The zero-order valence-corrected chi connectivity index (χ0v) is 20.9. The van der Waals surface area contributed by atoms with Gasteiger partial charge in [-0.25, -0.2) is 4.98 Å². The second-order valence-corrected chi connectivity index (χ2v) is 10.1. The van der Waals surface area contributed by atoms with E-state index in [9.17, 15) is 0 Å². The third-order valence-corrected chi connectivity index (χ3v) is 7.14. The van der Waals surface area contributed by atoms with Gasteiger partial charge in [-0.2, -0.15) is 0 Å². The lowest BCUT2D eigenvalue weighted by Crippen LogP contribution is -1.99. The molecule has 1 aliphatic rings. The highest BCUT2D eigenvalue weighted by molar-refractivity contribution is 7.21. The van der Waals surface area contributed by atoms with Gasteiger partial charge in [0.25, 0.3) is 0 Å². The summed E-state index contributed by atoms with van der Waals surface area (Å²) in [4.78, 5) is 9.38. The summed E-state index contributed by atoms with van der Waals surface area (Å²) < 4.78 is 1.26. The molecule has 2 nitrogen and oxygen atoms in total. The van der Waals surface area contributed by atoms with E-state index < -0.39 is 0 Å². The predicted octanol–water partition coefficient (Wildman–Crippen LogP) is 8.56. The number of aliphatic imine (C=N–C) groups is 1. The summed E-state index contributed by atoms with van der Waals surface area (Å²) in [6.45, 7) is 8.46. The van der Waals surface area contributed by atoms with Crippen molar-refractivity contribution in [2.24, 2.45) is 4.99 Å². The molecule has 0 bridgehead atoms. The van der Waals surface area contributed by atoms with Gasteiger partial charge in [0.15, 0.2) is 0 Å². The highest BCUT2D eigenvalue weighted by Crippen LogP contribution is 2.31. The van der Waals surface area contributed by atoms with Crippen LogP contribution in [0.3, 0.4) is 0 Å². The van der Waals surface area contributed by atoms with E-state index in [2.05, 4.69) is 118 Å². The molecule has 168 valence electrons. The summed E-state index contributed by atoms with van der Waals surface area (Å²) in [6, 6.07) is 30.0. The summed E-state index contributed by atoms with van der Waals surface area (Å²) in [6.07, 6.45) is 0.958. The molecule has 0 saturated carbocycles. The first kappa shape index (κ1) is 22.2. The Bertz CT molecular complexity index is 1490. The van der Waals surface area contributed by atoms with Crippen LogP contribution in [0.4, 0.5) is 5.69 Å². The lowest BCUT2D eigenvalue weighted by atomic mass is 10.0. The van der Waals surface area contributed by atoms with Crippen molar-refractivity contribution in [3.8, 4) is 10.6 Å². The number of benzene rings is 4. The molecule has 0 spiro atoms. The van der Waals surface area contributed by atoms with Crippen molar-refractivity contribution in [2.75, 3.05) is 0 Å². The molecule has 2 heterocycles. The van der Waals surface area contributed by atoms with Crippen LogP contribution in [0.5, 0.6) is 0 Å². The first-order valence-electron chi connectivity index (χ1n) is 11.6. The van der Waals surface area contributed by atoms with Crippen LogP contribution in [-0.4, -0.2) is 10.7 Å². The van der Waals surface area contributed by atoms with Crippen molar-refractivity contribution in [2.45, 2.75) is 34.1 Å². The molecule has 0 fully saturated rings. The van der Waals surface area contributed by atoms with Crippen LogP contribution in [0.1, 0.15) is 33.4 Å². The smallest absolute Gasteiger partial charge is 0.124 e. The number of hydrogen-bond donors (Lipinski definition) is 0. The number of thiazole rings is 1. The van der Waals surface area contributed by atoms with E-state index in [1.54, 1.807) is 11.3 Å². The molecule has 0 radical (unpaired) electrons. The highest BCUT2D eigenvalue weighted by Gasteiger charge is 2.15. The molecule has 6 rings (SSSR count). The Hall–Kier alpha value is -3.56. The summed E-state index contributed by atoms with van der Waals surface area (Å²) in [5, 5.41) is 1.10. The van der Waals surface area contributed by atoms with Crippen LogP contribution in [-0.2, 0) is 6.42 Å². The Kier molecular flexibility index (Phi) is 6.12. The Morgan fingerprint density at radius 1 is 0.618 bits per heavy atom. The monoisotopic (exact) mass is 460 g/mol. The average molecular weight is 461 g/mol. The van der Waals surface area contributed by atoms with Crippen LogP contribution in [0.15, 0.2) is 89.9 Å². The van der Waals surface area contributed by atoms with Gasteiger partial charge in [0, 0.05) is 12.0 Å². The van der Waals surface area contributed by atoms with Gasteiger partial charge >= 0.3 is 0 Å². The minimum Gasteiger partial charge on any atom is -0.252 e. The molecule has 5 aromatic rings. The minimum atomic E-state index is 0.958. The number of aryl methyl sites for hydroxylation is 4. The first-order valence-corrected chi connectivity index (χ1v) is 12.4. The number of hydrogen-bond acceptors (Lipinski definition) is 3. The minimum absolute atomic E-state index is 0.958. The van der Waals surface area contributed by atoms with Gasteiger partial charge in [0.05, 0.1) is 21.6 Å². The third-order valence-electron chi connectivity index (χ3n) is 6.08. The van der Waals surface area contributed by atoms with Crippen molar-refractivity contribution >= 4 is 33.0 Å². The van der Waals surface area contributed by atoms with Gasteiger partial charge in [-0.3, -0.25) is 4.99 Å². The normalized spacial score (nSPS) is 12.2. The molecule has 0 atom stereocenters. The molecule has 3 heteroatoms. The Labute approximate surface area is 205 Å². The molecule has 1 aliphatic heterocycles. The largest absolute Gasteiger partial charge is 0.252 e. The van der Waals surface area contributed by atoms with Gasteiger partial charge in [-0.1, -0.05) is 83.4 Å². The van der Waals surface area contributed by atoms with Crippen molar-refractivity contribution < 1.29 is 0 Å². The van der Waals surface area contributed by atoms with E-state index in [-0.39, 0.29) is 0 Å². The Balaban J connectivity index is 0.000000142. The van der Waals surface area contributed by atoms with Crippen molar-refractivity contribution in [3.05, 3.63) is 118 Å². The van der Waals surface area contributed by atoms with Crippen LogP contribution in [0, 0.1) is 27.7 Å². The summed E-state index contributed by atoms with van der Waals surface area (Å²) in [5.74, 6) is 0. The molecule has 4 aromatic carbocycles. The second-order valence-electron chi connectivity index (χ2n) is 9.09. The maximum absolute atomic E-state index is 4.71. The van der Waals surface area contributed by atoms with Crippen molar-refractivity contribution in [1.29, 1.82) is 0 Å². The number of aromatic nitrogens is 1. The second kappa shape index (κ2) is 9.36. The van der Waals surface area contributed by atoms with Gasteiger partial charge in [-0.15, -0.1) is 11.3 Å². The molecule has 34 heavy (non-hydrogen) atoms. The van der Waals surface area contributed by atoms with Gasteiger partial charge < -0.3 is 0 Å². The van der Waals surface area contributed by atoms with Crippen molar-refractivity contribution in [3.63, 3.8) is 0 Å². The van der Waals surface area contributed by atoms with E-state index in [0.717, 1.165) is 22.6 Å². The van der Waals surface area contributed by atoms with E-state index in [4.69, 9.17) is 4.99 Å². The fourth-order valence-electron chi connectivity index (χ4n) is 4.09. The Morgan fingerprint density at radius 3 is 1.91 bits per heavy atom. The van der Waals surface area contributed by atoms with Crippen LogP contribution in [0.2, 0.25) is 0 Å². The molecule has 0 aliphatic carbocycles. The predicted molar refractivity (Wildman–Crippen MR) is 147 cm³/mol. The molecule has 0 amide bonds. The maximum Gasteiger partial charge on any atom is 0.124 e. The zero-order valence-electron chi connectivity index (χ0n) is 20.1. The van der Waals surface area contributed by atoms with E-state index in [1.165, 1.54) is 49.4 Å². The quantitative estimate of drug-likeness (QED) is 0.259. The first-order chi connectivity index (χ1) is 16.4. The standard InChI is InChI=1S/C16H15N.C15H13NS/c1-11-3-6-13(7-4-11)16-10-14-9-12(2)5-8-15(14)17-16;1-10-3-6-12(7-4-10)15-16-13-8-5-11(2)9-14(13)17-15/h3-9H,10H2,1-2H3;3-9H,1-2H3. The van der Waals surface area contributed by atoms with Gasteiger partial charge in [0.2, 0.25) is 0 Å². The van der Waals surface area contributed by atoms with E-state index in [1.807, 2.05) is 0 Å². The molecule has 0 saturated heterocycles. The molecule has 1 aromatic heterocycles. The number of fused-ring (bicyclic) bond motifs is 2. The van der Waals surface area contributed by atoms with Crippen molar-refractivity contribution in [1.82, 2.24) is 4.98 Å². The Morgan fingerprint density at radius 2 is 1.21 bits per heavy atom. The van der Waals surface area contributed by atoms with E-state index in [0.29, 0.717) is 0 Å². The molecular weight excluding hydrogens is 432 g/mol. The summed E-state index contributed by atoms with van der Waals surface area (Å²) in [7, 11) is 0. The van der Waals surface area contributed by atoms with E-state index >= 15 is 0 Å². The fraction of sp³-hybridized carbons (Fsp3) is 0.161. The molecule has 0 unspecified atom stereocenters. The summed E-state index contributed by atoms with van der Waals surface area (Å²) in [5.41, 5.74) is 12.4. The topological polar surface area (TPSA) is 25.2 Å². The van der Waals surface area contributed by atoms with Crippen LogP contribution >= 0.6 is 11.3 Å². The average Bonchev–Trinajstić information content (AvgIpc) is 3.44. The highest BCUT2D eigenvalue weighted by atomic mass is 32.1. The SMILES string of the molecule is Cc1ccc(-c2nc3ccc(C)cc3s2)cc1.Cc1ccc(C2=Nc3ccc(C)cc3C2)cc1. The number of nitrogens with zero attached hydrogens (tertiary/aromatic N) is 2. The third kappa shape index (κ3) is 4.85. The van der Waals surface area contributed by atoms with Crippen LogP contribution < -0.4 is 0 Å². The number of rotatable bonds is 2. The maximum atomic E-state index is 4.71. The molecular formula is C31H28N2S. The van der Waals surface area contributed by atoms with Gasteiger partial charge in [0.1, 0.15) is 5.01 Å². The zero-order chi connectivity index (χ0) is 23.7. The lowest BCUT2D eigenvalue weighted by molar-refractivity contribution is 1.34. The fourth-order valence-corrected chi connectivity index (χ4v) is 5.16.